The van der Waals surface area contributed by atoms with E-state index in [1.54, 1.807) is 29.2 Å². The molecule has 0 saturated carbocycles. The minimum Gasteiger partial charge on any atom is -0.457 e. The maximum absolute atomic E-state index is 12.8. The molecule has 0 unspecified atom stereocenters. The van der Waals surface area contributed by atoms with Crippen molar-refractivity contribution in [1.29, 1.82) is 0 Å². The first kappa shape index (κ1) is 18.4. The molecule has 2 aromatic carbocycles. The maximum Gasteiger partial charge on any atom is 0.243 e. The smallest absolute Gasteiger partial charge is 0.243 e. The lowest BCUT2D eigenvalue weighted by Gasteiger charge is -2.33. The average Bonchev–Trinajstić information content (AvgIpc) is 2.68. The zero-order chi connectivity index (χ0) is 18.6. The van der Waals surface area contributed by atoms with E-state index in [2.05, 4.69) is 0 Å². The molecule has 3 rings (SSSR count). The summed E-state index contributed by atoms with van der Waals surface area (Å²) >= 11 is 0. The van der Waals surface area contributed by atoms with Crippen molar-refractivity contribution in [3.05, 3.63) is 54.6 Å². The number of carbonyl (C=O) groups is 1. The van der Waals surface area contributed by atoms with E-state index in [1.807, 2.05) is 37.3 Å². The van der Waals surface area contributed by atoms with E-state index < -0.39 is 10.0 Å². The molecule has 1 fully saturated rings. The third-order valence-corrected chi connectivity index (χ3v) is 6.25. The molecule has 0 atom stereocenters. The highest BCUT2D eigenvalue weighted by atomic mass is 32.2. The summed E-state index contributed by atoms with van der Waals surface area (Å²) < 4.78 is 32.7. The lowest BCUT2D eigenvalue weighted by Crippen LogP contribution is -2.50. The number of hydrogen-bond donors (Lipinski definition) is 0. The first-order valence-corrected chi connectivity index (χ1v) is 10.1. The van der Waals surface area contributed by atoms with Gasteiger partial charge in [0.15, 0.2) is 0 Å². The normalized spacial score (nSPS) is 15.7. The maximum atomic E-state index is 12.8. The number of nitrogens with zero attached hydrogens (tertiary/aromatic N) is 2. The van der Waals surface area contributed by atoms with Crippen LogP contribution in [-0.2, 0) is 14.8 Å². The summed E-state index contributed by atoms with van der Waals surface area (Å²) in [4.78, 5) is 13.7. The molecule has 0 aliphatic carbocycles. The van der Waals surface area contributed by atoms with Gasteiger partial charge in [0.05, 0.1) is 4.90 Å². The zero-order valence-corrected chi connectivity index (χ0v) is 15.5. The number of ether oxygens (including phenoxy) is 1. The Balaban J connectivity index is 1.67. The Hall–Kier alpha value is -2.38. The van der Waals surface area contributed by atoms with Crippen molar-refractivity contribution in [3.63, 3.8) is 0 Å². The molecule has 1 amide bonds. The molecule has 6 nitrogen and oxygen atoms in total. The van der Waals surface area contributed by atoms with Crippen LogP contribution in [0, 0.1) is 0 Å². The summed E-state index contributed by atoms with van der Waals surface area (Å²) in [6.07, 6.45) is 0.440. The first-order valence-electron chi connectivity index (χ1n) is 8.61. The van der Waals surface area contributed by atoms with Crippen LogP contribution in [0.5, 0.6) is 11.5 Å². The molecule has 0 spiro atoms. The summed E-state index contributed by atoms with van der Waals surface area (Å²) in [5, 5.41) is 0. The number of amides is 1. The second-order valence-corrected chi connectivity index (χ2v) is 7.96. The van der Waals surface area contributed by atoms with Crippen molar-refractivity contribution in [2.45, 2.75) is 18.2 Å². The highest BCUT2D eigenvalue weighted by Gasteiger charge is 2.29. The predicted molar refractivity (Wildman–Crippen MR) is 98.6 cm³/mol. The van der Waals surface area contributed by atoms with Gasteiger partial charge in [0.1, 0.15) is 11.5 Å². The van der Waals surface area contributed by atoms with Gasteiger partial charge in [-0.05, 0) is 36.4 Å². The fraction of sp³-hybridized carbons (Fsp3) is 0.316. The van der Waals surface area contributed by atoms with Crippen molar-refractivity contribution >= 4 is 15.9 Å². The van der Waals surface area contributed by atoms with Crippen LogP contribution in [0.1, 0.15) is 13.3 Å². The number of para-hydroxylation sites is 1. The van der Waals surface area contributed by atoms with Crippen LogP contribution < -0.4 is 4.74 Å². The molecule has 1 aliphatic rings. The monoisotopic (exact) mass is 374 g/mol. The third kappa shape index (κ3) is 4.05. The van der Waals surface area contributed by atoms with Gasteiger partial charge in [-0.2, -0.15) is 4.31 Å². The molecule has 0 radical (unpaired) electrons. The standard InChI is InChI=1S/C19H22N2O4S/c1-2-19(22)20-12-14-21(15-13-20)26(23,24)18-10-8-17(9-11-18)25-16-6-4-3-5-7-16/h3-11H,2,12-15H2,1H3. The summed E-state index contributed by atoms with van der Waals surface area (Å²) in [5.41, 5.74) is 0. The highest BCUT2D eigenvalue weighted by Crippen LogP contribution is 2.24. The first-order chi connectivity index (χ1) is 12.5. The fourth-order valence-corrected chi connectivity index (χ4v) is 4.28. The van der Waals surface area contributed by atoms with E-state index in [1.165, 1.54) is 4.31 Å². The fourth-order valence-electron chi connectivity index (χ4n) is 2.85. The predicted octanol–water partition coefficient (Wildman–Crippen LogP) is 2.72. The van der Waals surface area contributed by atoms with E-state index in [0.29, 0.717) is 44.1 Å². The molecule has 7 heteroatoms. The Morgan fingerprint density at radius 2 is 1.50 bits per heavy atom. The van der Waals surface area contributed by atoms with E-state index in [-0.39, 0.29) is 10.8 Å². The lowest BCUT2D eigenvalue weighted by molar-refractivity contribution is -0.132. The van der Waals surface area contributed by atoms with Crippen molar-refractivity contribution in [1.82, 2.24) is 9.21 Å². The number of sulfonamides is 1. The third-order valence-electron chi connectivity index (χ3n) is 4.33. The van der Waals surface area contributed by atoms with Gasteiger partial charge in [0.25, 0.3) is 0 Å². The van der Waals surface area contributed by atoms with Gasteiger partial charge in [-0.25, -0.2) is 8.42 Å². The van der Waals surface area contributed by atoms with Crippen LogP contribution in [0.15, 0.2) is 59.5 Å². The molecule has 138 valence electrons. The Morgan fingerprint density at radius 1 is 0.923 bits per heavy atom. The van der Waals surface area contributed by atoms with Crippen LogP contribution in [0.25, 0.3) is 0 Å². The summed E-state index contributed by atoms with van der Waals surface area (Å²) in [5.74, 6) is 1.33. The zero-order valence-electron chi connectivity index (χ0n) is 14.7. The number of piperazine rings is 1. The van der Waals surface area contributed by atoms with E-state index in [4.69, 9.17) is 4.74 Å². The molecule has 0 N–H and O–H groups in total. The van der Waals surface area contributed by atoms with Crippen LogP contribution in [0.4, 0.5) is 0 Å². The number of carbonyl (C=O) groups excluding carboxylic acids is 1. The molecule has 0 bridgehead atoms. The molecule has 26 heavy (non-hydrogen) atoms. The van der Waals surface area contributed by atoms with Crippen molar-refractivity contribution in [3.8, 4) is 11.5 Å². The largest absolute Gasteiger partial charge is 0.457 e. The molecule has 1 heterocycles. The Morgan fingerprint density at radius 3 is 2.08 bits per heavy atom. The SMILES string of the molecule is CCC(=O)N1CCN(S(=O)(=O)c2ccc(Oc3ccccc3)cc2)CC1. The number of rotatable bonds is 5. The van der Waals surface area contributed by atoms with Gasteiger partial charge in [-0.3, -0.25) is 4.79 Å². The van der Waals surface area contributed by atoms with Crippen molar-refractivity contribution in [2.75, 3.05) is 26.2 Å². The topological polar surface area (TPSA) is 66.9 Å². The Labute approximate surface area is 154 Å². The summed E-state index contributed by atoms with van der Waals surface area (Å²) in [7, 11) is -3.57. The van der Waals surface area contributed by atoms with Gasteiger partial charge in [-0.15, -0.1) is 0 Å². The quantitative estimate of drug-likeness (QED) is 0.807. The van der Waals surface area contributed by atoms with Gasteiger partial charge in [-0.1, -0.05) is 25.1 Å². The molecule has 1 aliphatic heterocycles. The van der Waals surface area contributed by atoms with Crippen LogP contribution in [0.2, 0.25) is 0 Å². The summed E-state index contributed by atoms with van der Waals surface area (Å²) in [6.45, 7) is 3.30. The molecular weight excluding hydrogens is 352 g/mol. The lowest BCUT2D eigenvalue weighted by atomic mass is 10.3. The van der Waals surface area contributed by atoms with E-state index in [0.717, 1.165) is 0 Å². The molecular formula is C19H22N2O4S. The summed E-state index contributed by atoms with van der Waals surface area (Å²) in [6, 6.07) is 15.7. The second-order valence-electron chi connectivity index (χ2n) is 6.02. The van der Waals surface area contributed by atoms with E-state index >= 15 is 0 Å². The van der Waals surface area contributed by atoms with Crippen molar-refractivity contribution < 1.29 is 17.9 Å². The van der Waals surface area contributed by atoms with Crippen molar-refractivity contribution in [2.24, 2.45) is 0 Å². The number of benzene rings is 2. The highest BCUT2D eigenvalue weighted by molar-refractivity contribution is 7.89. The molecule has 1 saturated heterocycles. The van der Waals surface area contributed by atoms with Gasteiger partial charge in [0.2, 0.25) is 15.9 Å². The number of hydrogen-bond acceptors (Lipinski definition) is 4. The minimum atomic E-state index is -3.57. The van der Waals surface area contributed by atoms with Gasteiger partial charge < -0.3 is 9.64 Å². The molecule has 0 aromatic heterocycles. The van der Waals surface area contributed by atoms with Crippen LogP contribution in [0.3, 0.4) is 0 Å². The average molecular weight is 374 g/mol. The Bertz CT molecular complexity index is 843. The molecule has 2 aromatic rings. The second kappa shape index (κ2) is 7.88. The van der Waals surface area contributed by atoms with Crippen LogP contribution >= 0.6 is 0 Å². The Kier molecular flexibility index (Phi) is 5.58. The van der Waals surface area contributed by atoms with Gasteiger partial charge in [0, 0.05) is 32.6 Å². The van der Waals surface area contributed by atoms with Gasteiger partial charge >= 0.3 is 0 Å². The minimum absolute atomic E-state index is 0.0597. The van der Waals surface area contributed by atoms with E-state index in [9.17, 15) is 13.2 Å². The van der Waals surface area contributed by atoms with Crippen LogP contribution in [-0.4, -0.2) is 49.7 Å².